The molecule has 1 heterocycles. The Morgan fingerprint density at radius 2 is 1.70 bits per heavy atom. The van der Waals surface area contributed by atoms with Gasteiger partial charge in [0.1, 0.15) is 35.3 Å². The van der Waals surface area contributed by atoms with Gasteiger partial charge in [-0.25, -0.2) is 4.79 Å². The maximum Gasteiger partial charge on any atom is 0.338 e. The van der Waals surface area contributed by atoms with Crippen molar-refractivity contribution in [2.75, 3.05) is 62.4 Å². The smallest absolute Gasteiger partial charge is 0.338 e. The molecule has 6 aliphatic rings. The van der Waals surface area contributed by atoms with E-state index in [1.54, 1.807) is 59.8 Å². The van der Waals surface area contributed by atoms with Crippen molar-refractivity contribution in [3.05, 3.63) is 29.8 Å². The summed E-state index contributed by atoms with van der Waals surface area (Å²) in [6.45, 7) is 3.64. The summed E-state index contributed by atoms with van der Waals surface area (Å²) in [6.07, 6.45) is -4.57. The number of carbonyl (C=O) groups excluding carboxylic acids is 1. The number of methoxy groups -OCH3 is 6. The molecule has 5 aliphatic carbocycles. The second-order valence-corrected chi connectivity index (χ2v) is 14.4. The number of rotatable bonds is 10. The number of likely N-dealkylation sites (tertiary alicyclic amines) is 1. The van der Waals surface area contributed by atoms with Gasteiger partial charge in [0.2, 0.25) is 0 Å². The fraction of sp³-hybridized carbons (Fsp3) is 0.794. The van der Waals surface area contributed by atoms with Crippen molar-refractivity contribution in [3.8, 4) is 5.75 Å². The van der Waals surface area contributed by atoms with Crippen LogP contribution in [0.1, 0.15) is 30.1 Å². The molecule has 1 aliphatic heterocycles. The third-order valence-corrected chi connectivity index (χ3v) is 13.5. The Bertz CT molecular complexity index is 1330. The zero-order valence-electron chi connectivity index (χ0n) is 27.8. The molecule has 7 bridgehead atoms. The van der Waals surface area contributed by atoms with E-state index in [1.807, 2.05) is 0 Å². The number of ether oxygens (including phenoxy) is 7. The Balaban J connectivity index is 1.47. The Labute approximate surface area is 270 Å². The van der Waals surface area contributed by atoms with Crippen LogP contribution in [0.15, 0.2) is 24.3 Å². The van der Waals surface area contributed by atoms with Crippen molar-refractivity contribution < 1.29 is 53.3 Å². The highest BCUT2D eigenvalue weighted by atomic mass is 16.6. The van der Waals surface area contributed by atoms with Gasteiger partial charge in [-0.2, -0.15) is 0 Å². The number of esters is 1. The lowest BCUT2D eigenvalue weighted by molar-refractivity contribution is -0.325. The van der Waals surface area contributed by atoms with Gasteiger partial charge in [-0.3, -0.25) is 4.90 Å². The van der Waals surface area contributed by atoms with Crippen molar-refractivity contribution in [1.82, 2.24) is 4.90 Å². The van der Waals surface area contributed by atoms with Gasteiger partial charge in [0.15, 0.2) is 0 Å². The predicted molar refractivity (Wildman–Crippen MR) is 162 cm³/mol. The van der Waals surface area contributed by atoms with Crippen LogP contribution < -0.4 is 4.74 Å². The predicted octanol–water partition coefficient (Wildman–Crippen LogP) is 0.740. The van der Waals surface area contributed by atoms with Crippen molar-refractivity contribution in [2.45, 2.75) is 73.6 Å². The van der Waals surface area contributed by atoms with Gasteiger partial charge in [-0.15, -0.1) is 0 Å². The number of hydrogen-bond donors (Lipinski definition) is 3. The highest BCUT2D eigenvalue weighted by molar-refractivity contribution is 5.89. The topological polar surface area (TPSA) is 146 Å². The highest BCUT2D eigenvalue weighted by Gasteiger charge is 2.91. The largest absolute Gasteiger partial charge is 0.497 e. The number of piperidine rings is 1. The quantitative estimate of drug-likeness (QED) is 0.308. The number of fused-ring (bicyclic) bond motifs is 2. The average Bonchev–Trinajstić information content (AvgIpc) is 3.43. The molecule has 1 saturated heterocycles. The van der Waals surface area contributed by atoms with Crippen LogP contribution in [0.2, 0.25) is 0 Å². The molecule has 6 fully saturated rings. The minimum absolute atomic E-state index is 0.172. The van der Waals surface area contributed by atoms with Crippen LogP contribution in [0.3, 0.4) is 0 Å². The normalized spacial score (nSPS) is 50.0. The lowest BCUT2D eigenvalue weighted by Gasteiger charge is -2.70. The number of aliphatic hydroxyl groups excluding tert-OH is 2. The third-order valence-electron chi connectivity index (χ3n) is 13.5. The molecule has 3 N–H and O–H groups in total. The minimum atomic E-state index is -1.74. The molecule has 12 nitrogen and oxygen atoms in total. The van der Waals surface area contributed by atoms with Crippen LogP contribution in [0.4, 0.5) is 0 Å². The van der Waals surface area contributed by atoms with Crippen molar-refractivity contribution >= 4 is 5.97 Å². The summed E-state index contributed by atoms with van der Waals surface area (Å²) in [7, 11) is 9.61. The molecular formula is C34H49NO11. The number of aliphatic hydroxyl groups is 3. The molecule has 46 heavy (non-hydrogen) atoms. The standard InChI is InChI=1S/C34H49NO11/c1-8-35-15-31(16-40-2)20(36)13-21(42-4)33-19-14-32(39)28(46-30(38)17-9-11-18(41-3)12-10-17)22(19)34(45-7,27(37)29(32)44-6)23(26(33)35)24(43-5)25(31)33/h9-12,19-29,36-37,39H,8,13-16H2,1-7H3/t19-,20-,21+,22-,23?,24+,25-,26?,27+,28-,29+,31+,32-,33?,34-/m1/s1. The zero-order valence-corrected chi connectivity index (χ0v) is 27.8. The van der Waals surface area contributed by atoms with Crippen molar-refractivity contribution in [1.29, 1.82) is 0 Å². The van der Waals surface area contributed by atoms with E-state index in [4.69, 9.17) is 33.2 Å². The van der Waals surface area contributed by atoms with Crippen molar-refractivity contribution in [2.24, 2.45) is 34.5 Å². The molecule has 1 aromatic rings. The first kappa shape index (κ1) is 32.7. The molecule has 1 spiro atoms. The second-order valence-electron chi connectivity index (χ2n) is 14.4. The fourth-order valence-electron chi connectivity index (χ4n) is 12.4. The molecule has 12 heteroatoms. The maximum atomic E-state index is 13.8. The molecule has 15 atom stereocenters. The molecule has 256 valence electrons. The molecule has 3 unspecified atom stereocenters. The number of carbonyl (C=O) groups is 1. The van der Waals surface area contributed by atoms with Gasteiger partial charge in [0.25, 0.3) is 0 Å². The molecule has 0 aromatic heterocycles. The summed E-state index contributed by atoms with van der Waals surface area (Å²) in [6, 6.07) is 6.43. The molecule has 5 saturated carbocycles. The van der Waals surface area contributed by atoms with Crippen LogP contribution in [0.5, 0.6) is 5.75 Å². The highest BCUT2D eigenvalue weighted by Crippen LogP contribution is 2.80. The lowest BCUT2D eigenvalue weighted by atomic mass is 9.42. The van der Waals surface area contributed by atoms with Gasteiger partial charge >= 0.3 is 5.97 Å². The number of nitrogens with zero attached hydrogens (tertiary/aromatic N) is 1. The van der Waals surface area contributed by atoms with Crippen LogP contribution in [0, 0.1) is 34.5 Å². The summed E-state index contributed by atoms with van der Waals surface area (Å²) >= 11 is 0. The van der Waals surface area contributed by atoms with Gasteiger partial charge < -0.3 is 48.5 Å². The second kappa shape index (κ2) is 11.1. The lowest BCUT2D eigenvalue weighted by Crippen LogP contribution is -2.81. The van der Waals surface area contributed by atoms with E-state index in [0.717, 1.165) is 0 Å². The summed E-state index contributed by atoms with van der Waals surface area (Å²) in [5.74, 6) is -1.73. The molecule has 1 aromatic carbocycles. The van der Waals surface area contributed by atoms with E-state index in [1.165, 1.54) is 7.11 Å². The van der Waals surface area contributed by atoms with Gasteiger partial charge in [0.05, 0.1) is 37.6 Å². The Kier molecular flexibility index (Phi) is 7.87. The molecule has 0 radical (unpaired) electrons. The summed E-state index contributed by atoms with van der Waals surface area (Å²) in [5, 5.41) is 37.2. The maximum absolute atomic E-state index is 13.8. The first-order valence-electron chi connectivity index (χ1n) is 16.4. The van der Waals surface area contributed by atoms with E-state index >= 15 is 0 Å². The Hall–Kier alpha value is -1.87. The summed E-state index contributed by atoms with van der Waals surface area (Å²) in [5.41, 5.74) is -4.16. The third kappa shape index (κ3) is 3.58. The van der Waals surface area contributed by atoms with E-state index in [9.17, 15) is 20.1 Å². The first-order valence-corrected chi connectivity index (χ1v) is 16.4. The Morgan fingerprint density at radius 1 is 0.978 bits per heavy atom. The first-order chi connectivity index (χ1) is 22.1. The molecule has 7 rings (SSSR count). The monoisotopic (exact) mass is 647 g/mol. The summed E-state index contributed by atoms with van der Waals surface area (Å²) < 4.78 is 43.0. The van der Waals surface area contributed by atoms with Crippen molar-refractivity contribution in [3.63, 3.8) is 0 Å². The van der Waals surface area contributed by atoms with Gasteiger partial charge in [-0.1, -0.05) is 6.92 Å². The van der Waals surface area contributed by atoms with Crippen LogP contribution >= 0.6 is 0 Å². The molecule has 0 amide bonds. The molecular weight excluding hydrogens is 598 g/mol. The van der Waals surface area contributed by atoms with Gasteiger partial charge in [0, 0.05) is 83.1 Å². The van der Waals surface area contributed by atoms with E-state index in [0.29, 0.717) is 37.4 Å². The van der Waals surface area contributed by atoms with Crippen LogP contribution in [-0.4, -0.2) is 142 Å². The zero-order chi connectivity index (χ0) is 33.0. The van der Waals surface area contributed by atoms with E-state index in [2.05, 4.69) is 11.8 Å². The van der Waals surface area contributed by atoms with E-state index in [-0.39, 0.29) is 24.3 Å². The Morgan fingerprint density at radius 3 is 2.26 bits per heavy atom. The SMILES string of the molecule is CCN1C[C@]2(COC)[C@H](O)C[C@H](OC)C34C1C([C@H](OC)[C@@H]32)[C@]1(OC)[C@@H]2[C@H]4C[C@@](O)([C@@H]2OC(=O)c2ccc(OC)cc2)[C@@H](OC)[C@@H]1O. The average molecular weight is 648 g/mol. The van der Waals surface area contributed by atoms with Crippen LogP contribution in [0.25, 0.3) is 0 Å². The number of benzene rings is 1. The number of hydrogen-bond acceptors (Lipinski definition) is 12. The fourth-order valence-corrected chi connectivity index (χ4v) is 12.4. The van der Waals surface area contributed by atoms with Gasteiger partial charge in [-0.05, 0) is 43.1 Å². The summed E-state index contributed by atoms with van der Waals surface area (Å²) in [4.78, 5) is 16.2. The van der Waals surface area contributed by atoms with Crippen LogP contribution in [-0.2, 0) is 28.4 Å². The minimum Gasteiger partial charge on any atom is -0.497 e. The van der Waals surface area contributed by atoms with E-state index < -0.39 is 76.5 Å².